The number of aromatic nitrogens is 2. The predicted octanol–water partition coefficient (Wildman–Crippen LogP) is -0.763. The van der Waals surface area contributed by atoms with Gasteiger partial charge in [-0.3, -0.25) is 9.59 Å². The van der Waals surface area contributed by atoms with Crippen LogP contribution in [0.25, 0.3) is 0 Å². The fourth-order valence-electron chi connectivity index (χ4n) is 1.93. The van der Waals surface area contributed by atoms with Crippen LogP contribution in [0.5, 0.6) is 0 Å². The number of carbonyl (C=O) groups excluding carboxylic acids is 1. The molecule has 0 aromatic carbocycles. The number of rotatable bonds is 4. The molecule has 1 fully saturated rings. The number of hydrogen-bond acceptors (Lipinski definition) is 5. The van der Waals surface area contributed by atoms with E-state index in [1.54, 1.807) is 0 Å². The van der Waals surface area contributed by atoms with E-state index in [2.05, 4.69) is 10.4 Å². The first-order valence-electron chi connectivity index (χ1n) is 6.25. The molecule has 8 heteroatoms. The second-order valence-corrected chi connectivity index (χ2v) is 4.47. The minimum Gasteiger partial charge on any atom is -0.476 e. The standard InChI is InChI=1S/C12H15N3O5/c16-10(13-8-3-5-20-6-4-8)7-15-11(17)2-1-9(14-15)12(18)19/h1-2,8H,3-7H2,(H,13,16)(H,18,19). The average Bonchev–Trinajstić information content (AvgIpc) is 2.42. The summed E-state index contributed by atoms with van der Waals surface area (Å²) in [7, 11) is 0. The second kappa shape index (κ2) is 6.29. The van der Waals surface area contributed by atoms with Gasteiger partial charge in [-0.15, -0.1) is 0 Å². The van der Waals surface area contributed by atoms with Gasteiger partial charge >= 0.3 is 5.97 Å². The smallest absolute Gasteiger partial charge is 0.356 e. The Morgan fingerprint density at radius 2 is 2.10 bits per heavy atom. The largest absolute Gasteiger partial charge is 0.476 e. The first-order valence-corrected chi connectivity index (χ1v) is 6.25. The van der Waals surface area contributed by atoms with Gasteiger partial charge in [0, 0.05) is 25.3 Å². The fourth-order valence-corrected chi connectivity index (χ4v) is 1.93. The molecule has 0 saturated carbocycles. The Hall–Kier alpha value is -2.22. The highest BCUT2D eigenvalue weighted by atomic mass is 16.5. The molecule has 0 unspecified atom stereocenters. The van der Waals surface area contributed by atoms with Gasteiger partial charge in [0.05, 0.1) is 0 Å². The zero-order valence-electron chi connectivity index (χ0n) is 10.7. The van der Waals surface area contributed by atoms with E-state index in [4.69, 9.17) is 9.84 Å². The highest BCUT2D eigenvalue weighted by Crippen LogP contribution is 2.05. The lowest BCUT2D eigenvalue weighted by Gasteiger charge is -2.23. The van der Waals surface area contributed by atoms with Gasteiger partial charge in [-0.05, 0) is 18.9 Å². The predicted molar refractivity (Wildman–Crippen MR) is 67.4 cm³/mol. The minimum absolute atomic E-state index is 0.0228. The molecule has 8 nitrogen and oxygen atoms in total. The van der Waals surface area contributed by atoms with Crippen LogP contribution in [0.15, 0.2) is 16.9 Å². The van der Waals surface area contributed by atoms with E-state index in [9.17, 15) is 14.4 Å². The highest BCUT2D eigenvalue weighted by molar-refractivity contribution is 5.85. The molecular formula is C12H15N3O5. The number of carboxylic acid groups (broad SMARTS) is 1. The molecule has 0 aliphatic carbocycles. The molecule has 1 saturated heterocycles. The molecule has 1 aromatic rings. The van der Waals surface area contributed by atoms with Gasteiger partial charge in [0.15, 0.2) is 5.69 Å². The lowest BCUT2D eigenvalue weighted by atomic mass is 10.1. The van der Waals surface area contributed by atoms with Gasteiger partial charge in [-0.1, -0.05) is 0 Å². The lowest BCUT2D eigenvalue weighted by Crippen LogP contribution is -2.42. The Balaban J connectivity index is 2.01. The molecule has 1 aromatic heterocycles. The molecule has 2 rings (SSSR count). The maximum atomic E-state index is 11.8. The second-order valence-electron chi connectivity index (χ2n) is 4.47. The molecule has 0 spiro atoms. The van der Waals surface area contributed by atoms with Crippen LogP contribution in [0, 0.1) is 0 Å². The van der Waals surface area contributed by atoms with Gasteiger partial charge in [0.2, 0.25) is 5.91 Å². The van der Waals surface area contributed by atoms with Crippen LogP contribution in [0.4, 0.5) is 0 Å². The first kappa shape index (κ1) is 14.2. The molecule has 0 radical (unpaired) electrons. The van der Waals surface area contributed by atoms with E-state index < -0.39 is 11.5 Å². The molecule has 1 amide bonds. The maximum absolute atomic E-state index is 11.8. The normalized spacial score (nSPS) is 15.8. The lowest BCUT2D eigenvalue weighted by molar-refractivity contribution is -0.123. The molecule has 108 valence electrons. The monoisotopic (exact) mass is 281 g/mol. The van der Waals surface area contributed by atoms with Crippen molar-refractivity contribution in [1.82, 2.24) is 15.1 Å². The third-order valence-electron chi connectivity index (χ3n) is 2.97. The first-order chi connectivity index (χ1) is 9.56. The number of hydrogen-bond donors (Lipinski definition) is 2. The molecular weight excluding hydrogens is 266 g/mol. The molecule has 1 aliphatic rings. The van der Waals surface area contributed by atoms with E-state index in [1.807, 2.05) is 0 Å². The highest BCUT2D eigenvalue weighted by Gasteiger charge is 2.17. The summed E-state index contributed by atoms with van der Waals surface area (Å²) < 4.78 is 6.02. The van der Waals surface area contributed by atoms with Crippen molar-refractivity contribution in [2.75, 3.05) is 13.2 Å². The van der Waals surface area contributed by atoms with Crippen molar-refractivity contribution < 1.29 is 19.4 Å². The van der Waals surface area contributed by atoms with E-state index in [-0.39, 0.29) is 24.2 Å². The van der Waals surface area contributed by atoms with Crippen molar-refractivity contribution in [2.45, 2.75) is 25.4 Å². The van der Waals surface area contributed by atoms with Crippen molar-refractivity contribution in [1.29, 1.82) is 0 Å². The van der Waals surface area contributed by atoms with Crippen molar-refractivity contribution in [3.05, 3.63) is 28.2 Å². The van der Waals surface area contributed by atoms with E-state index in [0.717, 1.165) is 29.7 Å². The Bertz CT molecular complexity index is 562. The minimum atomic E-state index is -1.25. The number of ether oxygens (including phenoxy) is 1. The molecule has 2 N–H and O–H groups in total. The van der Waals surface area contributed by atoms with Gasteiger partial charge in [0.1, 0.15) is 6.54 Å². The SMILES string of the molecule is O=C(Cn1nc(C(=O)O)ccc1=O)NC1CCOCC1. The summed E-state index contributed by atoms with van der Waals surface area (Å²) in [4.78, 5) is 34.1. The summed E-state index contributed by atoms with van der Waals surface area (Å²) in [5, 5.41) is 15.2. The zero-order chi connectivity index (χ0) is 14.5. The molecule has 1 aliphatic heterocycles. The van der Waals surface area contributed by atoms with Gasteiger partial charge in [-0.25, -0.2) is 9.48 Å². The Labute approximate surface area is 114 Å². The van der Waals surface area contributed by atoms with E-state index >= 15 is 0 Å². The van der Waals surface area contributed by atoms with Crippen LogP contribution < -0.4 is 10.9 Å². The Kier molecular flexibility index (Phi) is 4.46. The molecule has 0 bridgehead atoms. The molecule has 2 heterocycles. The molecule has 20 heavy (non-hydrogen) atoms. The number of nitrogens with one attached hydrogen (secondary N) is 1. The van der Waals surface area contributed by atoms with E-state index in [1.165, 1.54) is 0 Å². The van der Waals surface area contributed by atoms with Gasteiger partial charge in [0.25, 0.3) is 5.56 Å². The van der Waals surface area contributed by atoms with E-state index in [0.29, 0.717) is 13.2 Å². The number of carboxylic acids is 1. The number of amides is 1. The van der Waals surface area contributed by atoms with Crippen LogP contribution in [0.2, 0.25) is 0 Å². The summed E-state index contributed by atoms with van der Waals surface area (Å²) in [6.07, 6.45) is 1.45. The van der Waals surface area contributed by atoms with Crippen LogP contribution in [-0.4, -0.2) is 46.0 Å². The Morgan fingerprint density at radius 1 is 1.40 bits per heavy atom. The summed E-state index contributed by atoms with van der Waals surface area (Å²) >= 11 is 0. The number of carbonyl (C=O) groups is 2. The van der Waals surface area contributed by atoms with Crippen LogP contribution in [0.1, 0.15) is 23.3 Å². The Morgan fingerprint density at radius 3 is 2.75 bits per heavy atom. The van der Waals surface area contributed by atoms with Crippen molar-refractivity contribution in [3.63, 3.8) is 0 Å². The third-order valence-corrected chi connectivity index (χ3v) is 2.97. The third kappa shape index (κ3) is 3.64. The van der Waals surface area contributed by atoms with Crippen molar-refractivity contribution in [2.24, 2.45) is 0 Å². The number of nitrogens with zero attached hydrogens (tertiary/aromatic N) is 2. The van der Waals surface area contributed by atoms with Crippen molar-refractivity contribution in [3.8, 4) is 0 Å². The summed E-state index contributed by atoms with van der Waals surface area (Å²) in [5.41, 5.74) is -0.791. The summed E-state index contributed by atoms with van der Waals surface area (Å²) in [6, 6.07) is 2.21. The van der Waals surface area contributed by atoms with Crippen LogP contribution in [0.3, 0.4) is 0 Å². The van der Waals surface area contributed by atoms with Crippen molar-refractivity contribution >= 4 is 11.9 Å². The maximum Gasteiger partial charge on any atom is 0.356 e. The quantitative estimate of drug-likeness (QED) is 0.750. The van der Waals surface area contributed by atoms with Crippen LogP contribution in [-0.2, 0) is 16.1 Å². The van der Waals surface area contributed by atoms with Crippen LogP contribution >= 0.6 is 0 Å². The van der Waals surface area contributed by atoms with Gasteiger partial charge in [-0.2, -0.15) is 5.10 Å². The number of aromatic carboxylic acids is 1. The summed E-state index contributed by atoms with van der Waals surface area (Å²) in [6.45, 7) is 0.895. The fraction of sp³-hybridized carbons (Fsp3) is 0.500. The summed E-state index contributed by atoms with van der Waals surface area (Å²) in [5.74, 6) is -1.61. The molecule has 0 atom stereocenters. The topological polar surface area (TPSA) is 111 Å². The van der Waals surface area contributed by atoms with Gasteiger partial charge < -0.3 is 15.2 Å². The average molecular weight is 281 g/mol. The zero-order valence-corrected chi connectivity index (χ0v) is 10.7.